The number of ether oxygens (including phenoxy) is 1. The van der Waals surface area contributed by atoms with E-state index in [0.29, 0.717) is 6.54 Å². The van der Waals surface area contributed by atoms with Crippen molar-refractivity contribution >= 4 is 12.1 Å². The summed E-state index contributed by atoms with van der Waals surface area (Å²) in [5.41, 5.74) is -0.471. The van der Waals surface area contributed by atoms with Crippen molar-refractivity contribution in [2.24, 2.45) is 4.99 Å². The molecule has 0 spiro atoms. The van der Waals surface area contributed by atoms with Crippen molar-refractivity contribution < 1.29 is 13.9 Å². The van der Waals surface area contributed by atoms with Gasteiger partial charge in [-0.1, -0.05) is 0 Å². The molecule has 0 aliphatic carbocycles. The van der Waals surface area contributed by atoms with E-state index in [2.05, 4.69) is 15.6 Å². The van der Waals surface area contributed by atoms with Crippen LogP contribution in [0.3, 0.4) is 0 Å². The summed E-state index contributed by atoms with van der Waals surface area (Å²) in [6.45, 7) is 7.74. The molecule has 1 amide bonds. The molecule has 1 fully saturated rings. The van der Waals surface area contributed by atoms with Gasteiger partial charge in [0, 0.05) is 39.1 Å². The van der Waals surface area contributed by atoms with E-state index in [9.17, 15) is 4.79 Å². The summed E-state index contributed by atoms with van der Waals surface area (Å²) in [5.74, 6) is 1.68. The number of nitrogens with zero attached hydrogens (tertiary/aromatic N) is 2. The number of guanidine groups is 1. The Bertz CT molecular complexity index is 563. The van der Waals surface area contributed by atoms with Crippen LogP contribution in [-0.2, 0) is 11.2 Å². The number of carbonyl (C=O) groups is 1. The van der Waals surface area contributed by atoms with Crippen LogP contribution >= 0.6 is 0 Å². The quantitative estimate of drug-likeness (QED) is 0.644. The van der Waals surface area contributed by atoms with Crippen LogP contribution in [0.1, 0.15) is 39.4 Å². The molecule has 1 atom stereocenters. The lowest BCUT2D eigenvalue weighted by Gasteiger charge is -2.35. The van der Waals surface area contributed by atoms with E-state index in [-0.39, 0.29) is 12.1 Å². The van der Waals surface area contributed by atoms with Crippen molar-refractivity contribution in [3.05, 3.63) is 24.2 Å². The maximum absolute atomic E-state index is 12.2. The van der Waals surface area contributed by atoms with Gasteiger partial charge in [0.1, 0.15) is 11.4 Å². The average Bonchev–Trinajstić information content (AvgIpc) is 3.06. The summed E-state index contributed by atoms with van der Waals surface area (Å²) in [4.78, 5) is 18.3. The molecule has 0 aromatic carbocycles. The minimum absolute atomic E-state index is 0.163. The number of aliphatic imine (C=N–C) groups is 1. The highest BCUT2D eigenvalue weighted by atomic mass is 16.6. The number of hydrogen-bond acceptors (Lipinski definition) is 4. The van der Waals surface area contributed by atoms with Crippen molar-refractivity contribution in [2.45, 2.75) is 51.7 Å². The summed E-state index contributed by atoms with van der Waals surface area (Å²) in [7, 11) is 1.75. The fraction of sp³-hybridized carbons (Fsp3) is 0.667. The summed E-state index contributed by atoms with van der Waals surface area (Å²) in [6, 6.07) is 4.00. The summed E-state index contributed by atoms with van der Waals surface area (Å²) in [5, 5.41) is 6.67. The zero-order valence-electron chi connectivity index (χ0n) is 15.7. The van der Waals surface area contributed by atoms with Gasteiger partial charge >= 0.3 is 6.09 Å². The zero-order chi connectivity index (χ0) is 18.3. The zero-order valence-corrected chi connectivity index (χ0v) is 15.7. The maximum Gasteiger partial charge on any atom is 0.410 e. The van der Waals surface area contributed by atoms with Crippen molar-refractivity contribution in [3.8, 4) is 0 Å². The molecular formula is C18H30N4O3. The number of furan rings is 1. The number of rotatable bonds is 4. The standard InChI is InChI=1S/C18H30N4O3/c1-18(2,3)25-17(23)22-11-5-7-14(13-22)21-16(19-4)20-10-9-15-8-6-12-24-15/h6,8,12,14H,5,7,9-11,13H2,1-4H3,(H2,19,20,21). The Hall–Kier alpha value is -2.18. The number of carbonyl (C=O) groups excluding carboxylic acids is 1. The Kier molecular flexibility index (Phi) is 6.73. The van der Waals surface area contributed by atoms with Gasteiger partial charge in [-0.15, -0.1) is 0 Å². The number of piperidine rings is 1. The molecule has 1 aliphatic rings. The minimum Gasteiger partial charge on any atom is -0.469 e. The number of nitrogens with one attached hydrogen (secondary N) is 2. The fourth-order valence-corrected chi connectivity index (χ4v) is 2.73. The second-order valence-electron chi connectivity index (χ2n) is 7.24. The molecule has 0 bridgehead atoms. The van der Waals surface area contributed by atoms with E-state index in [0.717, 1.165) is 44.1 Å². The van der Waals surface area contributed by atoms with Gasteiger partial charge in [-0.05, 0) is 45.7 Å². The Morgan fingerprint density at radius 2 is 2.28 bits per heavy atom. The molecule has 140 valence electrons. The first kappa shape index (κ1) is 19.1. The van der Waals surface area contributed by atoms with E-state index >= 15 is 0 Å². The molecule has 25 heavy (non-hydrogen) atoms. The first-order valence-electron chi connectivity index (χ1n) is 8.85. The lowest BCUT2D eigenvalue weighted by Crippen LogP contribution is -2.53. The summed E-state index contributed by atoms with van der Waals surface area (Å²) >= 11 is 0. The predicted molar refractivity (Wildman–Crippen MR) is 97.7 cm³/mol. The van der Waals surface area contributed by atoms with Crippen LogP contribution in [0.4, 0.5) is 4.79 Å². The smallest absolute Gasteiger partial charge is 0.410 e. The topological polar surface area (TPSA) is 79.1 Å². The van der Waals surface area contributed by atoms with E-state index in [1.807, 2.05) is 32.9 Å². The third kappa shape index (κ3) is 6.68. The molecule has 1 aromatic rings. The van der Waals surface area contributed by atoms with Crippen LogP contribution in [0, 0.1) is 0 Å². The number of hydrogen-bond donors (Lipinski definition) is 2. The lowest BCUT2D eigenvalue weighted by molar-refractivity contribution is 0.0193. The Morgan fingerprint density at radius 3 is 2.92 bits per heavy atom. The molecule has 7 nitrogen and oxygen atoms in total. The van der Waals surface area contributed by atoms with Gasteiger partial charge in [0.15, 0.2) is 5.96 Å². The number of amides is 1. The summed E-state index contributed by atoms with van der Waals surface area (Å²) < 4.78 is 10.8. The molecule has 2 N–H and O–H groups in total. The third-order valence-corrected chi connectivity index (χ3v) is 3.88. The SMILES string of the molecule is CN=C(NCCc1ccco1)NC1CCCN(C(=O)OC(C)(C)C)C1. The molecule has 1 aromatic heterocycles. The van der Waals surface area contributed by atoms with Crippen LogP contribution < -0.4 is 10.6 Å². The van der Waals surface area contributed by atoms with Gasteiger partial charge in [0.05, 0.1) is 6.26 Å². The van der Waals surface area contributed by atoms with E-state index in [4.69, 9.17) is 9.15 Å². The summed E-state index contributed by atoms with van der Waals surface area (Å²) in [6.07, 6.45) is 4.16. The second kappa shape index (κ2) is 8.78. The molecule has 2 heterocycles. The molecule has 1 unspecified atom stereocenters. The highest BCUT2D eigenvalue weighted by Crippen LogP contribution is 2.15. The monoisotopic (exact) mass is 350 g/mol. The predicted octanol–water partition coefficient (Wildman–Crippen LogP) is 2.39. The number of likely N-dealkylation sites (tertiary alicyclic amines) is 1. The van der Waals surface area contributed by atoms with Crippen molar-refractivity contribution in [1.29, 1.82) is 0 Å². The Balaban J connectivity index is 1.78. The maximum atomic E-state index is 12.2. The molecule has 1 aliphatic heterocycles. The molecule has 0 saturated carbocycles. The van der Waals surface area contributed by atoms with Gasteiger partial charge in [0.2, 0.25) is 0 Å². The lowest BCUT2D eigenvalue weighted by atomic mass is 10.1. The van der Waals surface area contributed by atoms with Gasteiger partial charge in [-0.3, -0.25) is 4.99 Å². The highest BCUT2D eigenvalue weighted by molar-refractivity contribution is 5.80. The molecule has 1 saturated heterocycles. The minimum atomic E-state index is -0.471. The van der Waals surface area contributed by atoms with E-state index in [1.54, 1.807) is 18.2 Å². The second-order valence-corrected chi connectivity index (χ2v) is 7.24. The van der Waals surface area contributed by atoms with Gasteiger partial charge in [0.25, 0.3) is 0 Å². The molecule has 2 rings (SSSR count). The van der Waals surface area contributed by atoms with Crippen LogP contribution in [-0.4, -0.2) is 55.3 Å². The van der Waals surface area contributed by atoms with Gasteiger partial charge in [-0.25, -0.2) is 4.79 Å². The largest absolute Gasteiger partial charge is 0.469 e. The van der Waals surface area contributed by atoms with Crippen molar-refractivity contribution in [2.75, 3.05) is 26.7 Å². The Labute approximate surface area is 149 Å². The van der Waals surface area contributed by atoms with Crippen molar-refractivity contribution in [1.82, 2.24) is 15.5 Å². The highest BCUT2D eigenvalue weighted by Gasteiger charge is 2.27. The van der Waals surface area contributed by atoms with Crippen LogP contribution in [0.5, 0.6) is 0 Å². The average molecular weight is 350 g/mol. The molecular weight excluding hydrogens is 320 g/mol. The van der Waals surface area contributed by atoms with Gasteiger partial charge in [-0.2, -0.15) is 0 Å². The fourth-order valence-electron chi connectivity index (χ4n) is 2.73. The third-order valence-electron chi connectivity index (χ3n) is 3.88. The first-order chi connectivity index (χ1) is 11.9. The molecule has 0 radical (unpaired) electrons. The van der Waals surface area contributed by atoms with E-state index in [1.165, 1.54) is 0 Å². The molecule has 7 heteroatoms. The normalized spacial score (nSPS) is 18.8. The van der Waals surface area contributed by atoms with Gasteiger partial charge < -0.3 is 24.7 Å². The van der Waals surface area contributed by atoms with E-state index < -0.39 is 5.60 Å². The van der Waals surface area contributed by atoms with Crippen LogP contribution in [0.15, 0.2) is 27.8 Å². The first-order valence-corrected chi connectivity index (χ1v) is 8.85. The van der Waals surface area contributed by atoms with Crippen molar-refractivity contribution in [3.63, 3.8) is 0 Å². The Morgan fingerprint density at radius 1 is 1.48 bits per heavy atom. The van der Waals surface area contributed by atoms with Crippen LogP contribution in [0.25, 0.3) is 0 Å². The van der Waals surface area contributed by atoms with Crippen LogP contribution in [0.2, 0.25) is 0 Å².